The number of nitrogens with two attached hydrogens (primary N) is 1. The number of rotatable bonds is 6. The van der Waals surface area contributed by atoms with Crippen molar-refractivity contribution in [2.75, 3.05) is 5.32 Å². The fourth-order valence-corrected chi connectivity index (χ4v) is 7.00. The standard InChI is InChI=1S/C31H32ClN3O2S/c1-5-31(3,4)19-12-15-22-24(16-19)38-30(26(22)28(33)36)35-29(37)25-17(2)27(18-10-13-20(32)14-11-18)34-23-9-7-6-8-21(23)25/h6-11,13-14,19H,5,12,15-16H2,1-4H3,(H2,33,36)(H,35,37). The number of pyridine rings is 1. The molecule has 1 unspecified atom stereocenters. The van der Waals surface area contributed by atoms with E-state index < -0.39 is 5.91 Å². The van der Waals surface area contributed by atoms with E-state index in [1.54, 1.807) is 0 Å². The van der Waals surface area contributed by atoms with Gasteiger partial charge in [-0.3, -0.25) is 9.59 Å². The Balaban J connectivity index is 1.57. The summed E-state index contributed by atoms with van der Waals surface area (Å²) < 4.78 is 0. The summed E-state index contributed by atoms with van der Waals surface area (Å²) in [5, 5.41) is 5.01. The Morgan fingerprint density at radius 2 is 1.84 bits per heavy atom. The third kappa shape index (κ3) is 4.72. The lowest BCUT2D eigenvalue weighted by Gasteiger charge is -2.36. The van der Waals surface area contributed by atoms with Crippen LogP contribution < -0.4 is 11.1 Å². The Morgan fingerprint density at radius 3 is 2.53 bits per heavy atom. The van der Waals surface area contributed by atoms with E-state index in [1.165, 1.54) is 11.3 Å². The van der Waals surface area contributed by atoms with Gasteiger partial charge in [-0.2, -0.15) is 0 Å². The van der Waals surface area contributed by atoms with E-state index in [2.05, 4.69) is 26.1 Å². The Morgan fingerprint density at radius 1 is 1.13 bits per heavy atom. The average Bonchev–Trinajstić information content (AvgIpc) is 3.26. The van der Waals surface area contributed by atoms with Gasteiger partial charge in [0.05, 0.1) is 22.3 Å². The topological polar surface area (TPSA) is 85.1 Å². The first-order valence-electron chi connectivity index (χ1n) is 13.0. The number of carbonyl (C=O) groups excluding carboxylic acids is 2. The molecule has 0 fully saturated rings. The minimum atomic E-state index is -0.496. The third-order valence-corrected chi connectivity index (χ3v) is 9.66. The lowest BCUT2D eigenvalue weighted by atomic mass is 9.69. The Hall–Kier alpha value is -3.22. The van der Waals surface area contributed by atoms with Crippen molar-refractivity contribution in [3.63, 3.8) is 0 Å². The van der Waals surface area contributed by atoms with E-state index >= 15 is 0 Å². The zero-order valence-electron chi connectivity index (χ0n) is 22.2. The summed E-state index contributed by atoms with van der Waals surface area (Å²) in [6.45, 7) is 8.75. The number of carbonyl (C=O) groups is 2. The summed E-state index contributed by atoms with van der Waals surface area (Å²) in [6, 6.07) is 15.1. The number of hydrogen-bond donors (Lipinski definition) is 2. The number of halogens is 1. The van der Waals surface area contributed by atoms with E-state index in [9.17, 15) is 9.59 Å². The summed E-state index contributed by atoms with van der Waals surface area (Å²) >= 11 is 7.60. The van der Waals surface area contributed by atoms with Crippen molar-refractivity contribution in [3.8, 4) is 11.3 Å². The second-order valence-corrected chi connectivity index (χ2v) is 12.3. The molecule has 0 aliphatic heterocycles. The molecule has 0 spiro atoms. The molecular formula is C31H32ClN3O2S. The number of thiophene rings is 1. The molecule has 2 aromatic carbocycles. The number of anilines is 1. The van der Waals surface area contributed by atoms with Gasteiger partial charge < -0.3 is 11.1 Å². The molecule has 1 aliphatic carbocycles. The molecule has 0 radical (unpaired) electrons. The summed E-state index contributed by atoms with van der Waals surface area (Å²) in [6.07, 6.45) is 3.80. The fourth-order valence-electron chi connectivity index (χ4n) is 5.54. The van der Waals surface area contributed by atoms with Crippen LogP contribution in [-0.2, 0) is 12.8 Å². The molecule has 2 aromatic heterocycles. The summed E-state index contributed by atoms with van der Waals surface area (Å²) in [5.74, 6) is -0.247. The van der Waals surface area contributed by atoms with Gasteiger partial charge in [-0.05, 0) is 66.8 Å². The molecular weight excluding hydrogens is 514 g/mol. The van der Waals surface area contributed by atoms with Gasteiger partial charge in [-0.15, -0.1) is 11.3 Å². The van der Waals surface area contributed by atoms with Gasteiger partial charge in [0.2, 0.25) is 0 Å². The first-order chi connectivity index (χ1) is 18.1. The largest absolute Gasteiger partial charge is 0.365 e. The molecule has 7 heteroatoms. The quantitative estimate of drug-likeness (QED) is 0.259. The Kier molecular flexibility index (Phi) is 7.05. The highest BCUT2D eigenvalue weighted by atomic mass is 35.5. The predicted molar refractivity (Wildman–Crippen MR) is 157 cm³/mol. The number of aromatic nitrogens is 1. The van der Waals surface area contributed by atoms with Crippen LogP contribution in [0, 0.1) is 18.3 Å². The second kappa shape index (κ2) is 10.2. The molecule has 0 bridgehead atoms. The van der Waals surface area contributed by atoms with E-state index in [4.69, 9.17) is 22.3 Å². The summed E-state index contributed by atoms with van der Waals surface area (Å²) in [4.78, 5) is 32.6. The highest BCUT2D eigenvalue weighted by molar-refractivity contribution is 7.17. The van der Waals surface area contributed by atoms with Gasteiger partial charge in [0.15, 0.2) is 0 Å². The third-order valence-electron chi connectivity index (χ3n) is 8.24. The van der Waals surface area contributed by atoms with Gasteiger partial charge in [-0.25, -0.2) is 4.98 Å². The lowest BCUT2D eigenvalue weighted by Crippen LogP contribution is -2.29. The van der Waals surface area contributed by atoms with E-state index in [1.807, 2.05) is 55.5 Å². The van der Waals surface area contributed by atoms with Gasteiger partial charge in [0.1, 0.15) is 5.00 Å². The maximum absolute atomic E-state index is 13.9. The van der Waals surface area contributed by atoms with Crippen LogP contribution in [0.3, 0.4) is 0 Å². The summed E-state index contributed by atoms with van der Waals surface area (Å²) in [5.41, 5.74) is 11.2. The number of nitrogens with one attached hydrogen (secondary N) is 1. The molecule has 5 rings (SSSR count). The van der Waals surface area contributed by atoms with Crippen LogP contribution in [0.5, 0.6) is 0 Å². The predicted octanol–water partition coefficient (Wildman–Crippen LogP) is 7.82. The van der Waals surface area contributed by atoms with Crippen molar-refractivity contribution in [1.82, 2.24) is 4.98 Å². The molecule has 3 N–H and O–H groups in total. The van der Waals surface area contributed by atoms with Crippen LogP contribution >= 0.6 is 22.9 Å². The number of benzene rings is 2. The number of primary amides is 1. The van der Waals surface area contributed by atoms with Gasteiger partial charge >= 0.3 is 0 Å². The summed E-state index contributed by atoms with van der Waals surface area (Å²) in [7, 11) is 0. The van der Waals surface area contributed by atoms with Crippen molar-refractivity contribution in [2.24, 2.45) is 17.1 Å². The smallest absolute Gasteiger partial charge is 0.257 e. The fraction of sp³-hybridized carbons (Fsp3) is 0.323. The SMILES string of the molecule is CCC(C)(C)C1CCc2c(sc(NC(=O)c3c(C)c(-c4ccc(Cl)cc4)nc4ccccc34)c2C(N)=O)C1. The van der Waals surface area contributed by atoms with Crippen LogP contribution in [0.15, 0.2) is 48.5 Å². The molecule has 1 aliphatic rings. The average molecular weight is 546 g/mol. The second-order valence-electron chi connectivity index (χ2n) is 10.8. The van der Waals surface area contributed by atoms with Crippen molar-refractivity contribution >= 4 is 50.7 Å². The van der Waals surface area contributed by atoms with E-state index in [-0.39, 0.29) is 11.3 Å². The molecule has 1 atom stereocenters. The molecule has 0 saturated carbocycles. The molecule has 196 valence electrons. The first-order valence-corrected chi connectivity index (χ1v) is 14.2. The Bertz CT molecular complexity index is 1560. The van der Waals surface area contributed by atoms with Crippen LogP contribution in [0.2, 0.25) is 5.02 Å². The van der Waals surface area contributed by atoms with Crippen molar-refractivity contribution in [2.45, 2.75) is 53.4 Å². The molecule has 5 nitrogen and oxygen atoms in total. The van der Waals surface area contributed by atoms with Crippen molar-refractivity contribution in [3.05, 3.63) is 80.7 Å². The number of hydrogen-bond acceptors (Lipinski definition) is 4. The number of amides is 2. The number of para-hydroxylation sites is 1. The minimum Gasteiger partial charge on any atom is -0.365 e. The Labute approximate surface area is 232 Å². The first kappa shape index (κ1) is 26.4. The number of nitrogens with zero attached hydrogens (tertiary/aromatic N) is 1. The lowest BCUT2D eigenvalue weighted by molar-refractivity contribution is 0.0999. The van der Waals surface area contributed by atoms with Crippen LogP contribution in [0.25, 0.3) is 22.2 Å². The molecule has 0 saturated heterocycles. The maximum Gasteiger partial charge on any atom is 0.257 e. The zero-order chi connectivity index (χ0) is 27.2. The van der Waals surface area contributed by atoms with Crippen LogP contribution in [0.1, 0.15) is 70.3 Å². The highest BCUT2D eigenvalue weighted by Crippen LogP contribution is 2.45. The van der Waals surface area contributed by atoms with Crippen molar-refractivity contribution in [1.29, 1.82) is 0 Å². The van der Waals surface area contributed by atoms with Crippen LogP contribution in [0.4, 0.5) is 5.00 Å². The highest BCUT2D eigenvalue weighted by Gasteiger charge is 2.35. The van der Waals surface area contributed by atoms with Gasteiger partial charge in [0, 0.05) is 20.8 Å². The normalized spacial score (nSPS) is 15.3. The molecule has 38 heavy (non-hydrogen) atoms. The van der Waals surface area contributed by atoms with Gasteiger partial charge in [0.25, 0.3) is 11.8 Å². The van der Waals surface area contributed by atoms with Gasteiger partial charge in [-0.1, -0.05) is 69.1 Å². The number of fused-ring (bicyclic) bond motifs is 2. The minimum absolute atomic E-state index is 0.211. The van der Waals surface area contributed by atoms with Crippen LogP contribution in [-0.4, -0.2) is 16.8 Å². The molecule has 4 aromatic rings. The van der Waals surface area contributed by atoms with Crippen molar-refractivity contribution < 1.29 is 9.59 Å². The monoisotopic (exact) mass is 545 g/mol. The zero-order valence-corrected chi connectivity index (χ0v) is 23.7. The van der Waals surface area contributed by atoms with E-state index in [0.29, 0.717) is 27.1 Å². The molecule has 2 heterocycles. The molecule has 2 amide bonds. The van der Waals surface area contributed by atoms with E-state index in [0.717, 1.165) is 63.8 Å². The maximum atomic E-state index is 13.9.